The van der Waals surface area contributed by atoms with Crippen molar-refractivity contribution in [3.05, 3.63) is 35.5 Å². The van der Waals surface area contributed by atoms with Gasteiger partial charge in [0.05, 0.1) is 11.2 Å². The van der Waals surface area contributed by atoms with Crippen molar-refractivity contribution in [1.29, 1.82) is 0 Å². The molecule has 0 aliphatic carbocycles. The van der Waals surface area contributed by atoms with Crippen LogP contribution in [0.4, 0.5) is 10.2 Å². The molecule has 0 atom stereocenters. The minimum absolute atomic E-state index is 0.168. The Morgan fingerprint density at radius 2 is 2.00 bits per heavy atom. The first-order valence-electron chi connectivity index (χ1n) is 6.77. The largest absolute Gasteiger partial charge is 0.363 e. The highest BCUT2D eigenvalue weighted by molar-refractivity contribution is 6.31. The molecule has 0 aliphatic rings. The van der Waals surface area contributed by atoms with Gasteiger partial charge in [-0.3, -0.25) is 0 Å². The van der Waals surface area contributed by atoms with Gasteiger partial charge in [-0.15, -0.1) is 0 Å². The number of anilines is 1. The summed E-state index contributed by atoms with van der Waals surface area (Å²) in [6.07, 6.45) is 4.46. The van der Waals surface area contributed by atoms with Crippen molar-refractivity contribution in [3.8, 4) is 11.4 Å². The van der Waals surface area contributed by atoms with E-state index in [0.717, 1.165) is 17.1 Å². The predicted molar refractivity (Wildman–Crippen MR) is 85.5 cm³/mol. The number of H-pyrrole nitrogens is 1. The Balaban J connectivity index is 2.11. The van der Waals surface area contributed by atoms with Crippen LogP contribution in [-0.4, -0.2) is 25.5 Å². The van der Waals surface area contributed by atoms with E-state index in [1.807, 2.05) is 20.8 Å². The van der Waals surface area contributed by atoms with Gasteiger partial charge in [0.15, 0.2) is 17.5 Å². The molecule has 7 heteroatoms. The van der Waals surface area contributed by atoms with Gasteiger partial charge in [0, 0.05) is 28.9 Å². The Morgan fingerprint density at radius 1 is 1.23 bits per heavy atom. The molecular formula is C15H15ClFN5. The van der Waals surface area contributed by atoms with Crippen molar-refractivity contribution in [2.75, 3.05) is 5.32 Å². The van der Waals surface area contributed by atoms with Crippen molar-refractivity contribution in [2.24, 2.45) is 0 Å². The fraction of sp³-hybridized carbons (Fsp3) is 0.267. The summed E-state index contributed by atoms with van der Waals surface area (Å²) < 4.78 is 13.9. The van der Waals surface area contributed by atoms with E-state index in [0.29, 0.717) is 16.5 Å². The Labute approximate surface area is 132 Å². The molecule has 0 aromatic carbocycles. The first kappa shape index (κ1) is 14.7. The summed E-state index contributed by atoms with van der Waals surface area (Å²) in [4.78, 5) is 15.6. The second-order valence-electron chi connectivity index (χ2n) is 6.02. The summed E-state index contributed by atoms with van der Waals surface area (Å²) in [6.45, 7) is 5.80. The standard InChI is InChI=1S/C15H15ClFN5/c1-15(2,3)22-14-11(17)7-20-13(21-14)10-6-19-12-9(10)4-8(16)5-18-12/h4-7H,1-3H3,(H,18,19)(H,20,21,22). The zero-order valence-corrected chi connectivity index (χ0v) is 13.2. The Hall–Kier alpha value is -2.21. The lowest BCUT2D eigenvalue weighted by Gasteiger charge is -2.21. The maximum atomic E-state index is 13.9. The van der Waals surface area contributed by atoms with Crippen LogP contribution in [0, 0.1) is 5.82 Å². The molecule has 2 N–H and O–H groups in total. The Bertz CT molecular complexity index is 838. The summed E-state index contributed by atoms with van der Waals surface area (Å²) in [6, 6.07) is 1.78. The molecular weight excluding hydrogens is 305 g/mol. The molecule has 0 amide bonds. The first-order valence-corrected chi connectivity index (χ1v) is 7.15. The van der Waals surface area contributed by atoms with Crippen molar-refractivity contribution in [2.45, 2.75) is 26.3 Å². The second-order valence-corrected chi connectivity index (χ2v) is 6.45. The van der Waals surface area contributed by atoms with Crippen LogP contribution in [0.3, 0.4) is 0 Å². The third kappa shape index (κ3) is 2.87. The average Bonchev–Trinajstić information content (AvgIpc) is 2.83. The van der Waals surface area contributed by atoms with Gasteiger partial charge < -0.3 is 10.3 Å². The smallest absolute Gasteiger partial charge is 0.183 e. The van der Waals surface area contributed by atoms with E-state index in [2.05, 4.69) is 25.3 Å². The first-order chi connectivity index (χ1) is 10.3. The average molecular weight is 320 g/mol. The maximum absolute atomic E-state index is 13.9. The predicted octanol–water partition coefficient (Wildman–Crippen LogP) is 4.02. The highest BCUT2D eigenvalue weighted by atomic mass is 35.5. The lowest BCUT2D eigenvalue weighted by molar-refractivity contribution is 0.586. The molecule has 114 valence electrons. The van der Waals surface area contributed by atoms with Crippen LogP contribution in [0.25, 0.3) is 22.4 Å². The molecule has 0 saturated heterocycles. The number of aromatic amines is 1. The maximum Gasteiger partial charge on any atom is 0.183 e. The van der Waals surface area contributed by atoms with Gasteiger partial charge in [-0.25, -0.2) is 19.3 Å². The van der Waals surface area contributed by atoms with Gasteiger partial charge in [-0.1, -0.05) is 11.6 Å². The number of rotatable bonds is 2. The number of hydrogen-bond acceptors (Lipinski definition) is 4. The fourth-order valence-corrected chi connectivity index (χ4v) is 2.26. The molecule has 3 heterocycles. The van der Waals surface area contributed by atoms with E-state index in [4.69, 9.17) is 11.6 Å². The summed E-state index contributed by atoms with van der Waals surface area (Å²) in [5, 5.41) is 4.34. The van der Waals surface area contributed by atoms with Gasteiger partial charge in [0.1, 0.15) is 5.65 Å². The molecule has 0 bridgehead atoms. The normalized spacial score (nSPS) is 11.9. The number of fused-ring (bicyclic) bond motifs is 1. The molecule has 0 unspecified atom stereocenters. The van der Waals surface area contributed by atoms with E-state index in [9.17, 15) is 4.39 Å². The van der Waals surface area contributed by atoms with Crippen LogP contribution in [0.2, 0.25) is 5.02 Å². The zero-order valence-electron chi connectivity index (χ0n) is 12.4. The van der Waals surface area contributed by atoms with E-state index in [1.165, 1.54) is 0 Å². The van der Waals surface area contributed by atoms with E-state index in [-0.39, 0.29) is 11.4 Å². The van der Waals surface area contributed by atoms with Crippen molar-refractivity contribution < 1.29 is 4.39 Å². The van der Waals surface area contributed by atoms with Crippen LogP contribution >= 0.6 is 11.6 Å². The van der Waals surface area contributed by atoms with Gasteiger partial charge >= 0.3 is 0 Å². The van der Waals surface area contributed by atoms with Crippen molar-refractivity contribution in [3.63, 3.8) is 0 Å². The van der Waals surface area contributed by atoms with Gasteiger partial charge in [-0.2, -0.15) is 0 Å². The third-order valence-electron chi connectivity index (χ3n) is 2.98. The van der Waals surface area contributed by atoms with Crippen LogP contribution in [0.15, 0.2) is 24.7 Å². The number of hydrogen-bond donors (Lipinski definition) is 2. The Morgan fingerprint density at radius 3 is 2.73 bits per heavy atom. The molecule has 3 aromatic heterocycles. The minimum atomic E-state index is -0.491. The zero-order chi connectivity index (χ0) is 15.9. The minimum Gasteiger partial charge on any atom is -0.363 e. The van der Waals surface area contributed by atoms with Gasteiger partial charge in [-0.05, 0) is 26.8 Å². The van der Waals surface area contributed by atoms with E-state index in [1.54, 1.807) is 18.5 Å². The summed E-state index contributed by atoms with van der Waals surface area (Å²) in [5.74, 6) is 0.0833. The fourth-order valence-electron chi connectivity index (χ4n) is 2.10. The highest BCUT2D eigenvalue weighted by Crippen LogP contribution is 2.28. The molecule has 3 rings (SSSR count). The molecule has 22 heavy (non-hydrogen) atoms. The van der Waals surface area contributed by atoms with Crippen LogP contribution in [0.5, 0.6) is 0 Å². The summed E-state index contributed by atoms with van der Waals surface area (Å²) in [5.41, 5.74) is 1.09. The van der Waals surface area contributed by atoms with Gasteiger partial charge in [0.2, 0.25) is 0 Å². The van der Waals surface area contributed by atoms with Crippen LogP contribution in [0.1, 0.15) is 20.8 Å². The molecule has 5 nitrogen and oxygen atoms in total. The summed E-state index contributed by atoms with van der Waals surface area (Å²) >= 11 is 5.99. The lowest BCUT2D eigenvalue weighted by atomic mass is 10.1. The molecule has 3 aromatic rings. The van der Waals surface area contributed by atoms with Crippen molar-refractivity contribution in [1.82, 2.24) is 19.9 Å². The van der Waals surface area contributed by atoms with Crippen LogP contribution < -0.4 is 5.32 Å². The monoisotopic (exact) mass is 319 g/mol. The van der Waals surface area contributed by atoms with E-state index < -0.39 is 5.82 Å². The molecule has 0 fully saturated rings. The molecule has 0 saturated carbocycles. The number of nitrogens with zero attached hydrogens (tertiary/aromatic N) is 3. The quantitative estimate of drug-likeness (QED) is 0.748. The van der Waals surface area contributed by atoms with E-state index >= 15 is 0 Å². The lowest BCUT2D eigenvalue weighted by Crippen LogP contribution is -2.27. The van der Waals surface area contributed by atoms with Crippen LogP contribution in [-0.2, 0) is 0 Å². The number of pyridine rings is 1. The molecule has 0 spiro atoms. The number of halogens is 2. The number of nitrogens with one attached hydrogen (secondary N) is 2. The highest BCUT2D eigenvalue weighted by Gasteiger charge is 2.17. The topological polar surface area (TPSA) is 66.5 Å². The molecule has 0 radical (unpaired) electrons. The molecule has 0 aliphatic heterocycles. The second kappa shape index (κ2) is 5.21. The number of aromatic nitrogens is 4. The summed E-state index contributed by atoms with van der Waals surface area (Å²) in [7, 11) is 0. The Kier molecular flexibility index (Phi) is 3.48. The van der Waals surface area contributed by atoms with Crippen molar-refractivity contribution >= 4 is 28.5 Å². The SMILES string of the molecule is CC(C)(C)Nc1nc(-c2c[nH]c3ncc(Cl)cc23)ncc1F. The third-order valence-corrected chi connectivity index (χ3v) is 3.18. The van der Waals surface area contributed by atoms with Gasteiger partial charge in [0.25, 0.3) is 0 Å².